The van der Waals surface area contributed by atoms with Crippen LogP contribution < -0.4 is 16.4 Å². The summed E-state index contributed by atoms with van der Waals surface area (Å²) in [7, 11) is 0. The number of carbonyl (C=O) groups excluding carboxylic acids is 3. The molecule has 1 aliphatic rings. The van der Waals surface area contributed by atoms with E-state index in [0.717, 1.165) is 5.56 Å². The van der Waals surface area contributed by atoms with E-state index in [1.165, 1.54) is 4.90 Å². The Kier molecular flexibility index (Phi) is 9.28. The lowest BCUT2D eigenvalue weighted by atomic mass is 10.0. The van der Waals surface area contributed by atoms with E-state index in [4.69, 9.17) is 10.8 Å². The van der Waals surface area contributed by atoms with Gasteiger partial charge in [-0.2, -0.15) is 12.6 Å². The number of aliphatic carboxylic acids is 1. The highest BCUT2D eigenvalue weighted by Gasteiger charge is 2.37. The molecule has 31 heavy (non-hydrogen) atoms. The van der Waals surface area contributed by atoms with Gasteiger partial charge in [-0.15, -0.1) is 0 Å². The monoisotopic (exact) mass is 452 g/mol. The minimum Gasteiger partial charge on any atom is -0.480 e. The summed E-state index contributed by atoms with van der Waals surface area (Å²) in [5, 5.41) is 23.4. The number of aliphatic hydroxyl groups is 1. The number of nitrogens with one attached hydrogen (secondary N) is 2. The minimum atomic E-state index is -1.24. The number of nitrogens with zero attached hydrogens (tertiary/aromatic N) is 1. The van der Waals surface area contributed by atoms with Gasteiger partial charge in [0.15, 0.2) is 0 Å². The maximum Gasteiger partial charge on any atom is 0.327 e. The molecule has 10 nitrogen and oxygen atoms in total. The predicted molar refractivity (Wildman–Crippen MR) is 115 cm³/mol. The molecule has 0 aromatic heterocycles. The lowest BCUT2D eigenvalue weighted by molar-refractivity contribution is -0.142. The molecule has 0 aliphatic carbocycles. The zero-order chi connectivity index (χ0) is 23.0. The van der Waals surface area contributed by atoms with Gasteiger partial charge in [-0.1, -0.05) is 30.3 Å². The standard InChI is InChI=1S/C20H28N4O6S/c21-13(10-25)19(28)24-8-4-7-16(24)18(27)22-14(9-12-5-2-1-3-6-12)17(26)23-15(11-31)20(29)30/h1-3,5-6,13-16,25,31H,4,7-11,21H2,(H,22,27)(H,23,26)(H,29,30). The summed E-state index contributed by atoms with van der Waals surface area (Å²) in [5.41, 5.74) is 6.37. The van der Waals surface area contributed by atoms with E-state index in [1.807, 2.05) is 6.07 Å². The van der Waals surface area contributed by atoms with Crippen LogP contribution in [0.5, 0.6) is 0 Å². The fourth-order valence-electron chi connectivity index (χ4n) is 3.38. The lowest BCUT2D eigenvalue weighted by Gasteiger charge is -2.28. The molecule has 0 bridgehead atoms. The van der Waals surface area contributed by atoms with Crippen molar-refractivity contribution in [3.63, 3.8) is 0 Å². The van der Waals surface area contributed by atoms with Crippen molar-refractivity contribution in [1.29, 1.82) is 0 Å². The molecule has 1 saturated heterocycles. The van der Waals surface area contributed by atoms with E-state index in [0.29, 0.717) is 19.4 Å². The second-order valence-electron chi connectivity index (χ2n) is 7.31. The first kappa shape index (κ1) is 24.6. The topological polar surface area (TPSA) is 162 Å². The number of likely N-dealkylation sites (tertiary alicyclic amines) is 1. The van der Waals surface area contributed by atoms with E-state index in [2.05, 4.69) is 23.3 Å². The van der Waals surface area contributed by atoms with Crippen LogP contribution in [0.2, 0.25) is 0 Å². The molecule has 0 saturated carbocycles. The van der Waals surface area contributed by atoms with Gasteiger partial charge in [0.25, 0.3) is 0 Å². The highest BCUT2D eigenvalue weighted by atomic mass is 32.1. The molecule has 1 heterocycles. The molecule has 1 fully saturated rings. The highest BCUT2D eigenvalue weighted by molar-refractivity contribution is 7.80. The molecule has 1 aromatic carbocycles. The molecule has 4 unspecified atom stereocenters. The molecule has 1 aromatic rings. The van der Waals surface area contributed by atoms with Crippen LogP contribution in [0.1, 0.15) is 18.4 Å². The van der Waals surface area contributed by atoms with Crippen molar-refractivity contribution in [2.24, 2.45) is 5.73 Å². The number of hydrogen-bond acceptors (Lipinski definition) is 7. The van der Waals surface area contributed by atoms with Crippen LogP contribution in [0.15, 0.2) is 30.3 Å². The maximum atomic E-state index is 12.9. The predicted octanol–water partition coefficient (Wildman–Crippen LogP) is -1.48. The summed E-state index contributed by atoms with van der Waals surface area (Å²) in [6, 6.07) is 4.74. The number of nitrogens with two attached hydrogens (primary N) is 1. The molecule has 0 spiro atoms. The Bertz CT molecular complexity index is 793. The van der Waals surface area contributed by atoms with E-state index in [1.54, 1.807) is 24.3 Å². The third kappa shape index (κ3) is 6.68. The van der Waals surface area contributed by atoms with Gasteiger partial charge < -0.3 is 31.5 Å². The average Bonchev–Trinajstić information content (AvgIpc) is 3.26. The zero-order valence-electron chi connectivity index (χ0n) is 16.9. The summed E-state index contributed by atoms with van der Waals surface area (Å²) in [6.07, 6.45) is 1.11. The van der Waals surface area contributed by atoms with E-state index < -0.39 is 54.5 Å². The summed E-state index contributed by atoms with van der Waals surface area (Å²) in [4.78, 5) is 50.7. The Morgan fingerprint density at radius 2 is 1.84 bits per heavy atom. The molecule has 3 amide bonds. The Hall–Kier alpha value is -2.63. The number of carboxylic acid groups (broad SMARTS) is 1. The third-order valence-corrected chi connectivity index (χ3v) is 5.43. The van der Waals surface area contributed by atoms with Crippen molar-refractivity contribution in [2.75, 3.05) is 18.9 Å². The number of rotatable bonds is 10. The summed E-state index contributed by atoms with van der Waals surface area (Å²) in [5.74, 6) is -3.09. The van der Waals surface area contributed by atoms with Crippen LogP contribution in [-0.2, 0) is 25.6 Å². The summed E-state index contributed by atoms with van der Waals surface area (Å²) < 4.78 is 0. The molecule has 2 rings (SSSR count). The largest absolute Gasteiger partial charge is 0.480 e. The Morgan fingerprint density at radius 3 is 2.42 bits per heavy atom. The molecular formula is C20H28N4O6S. The molecular weight excluding hydrogens is 424 g/mol. The Morgan fingerprint density at radius 1 is 1.16 bits per heavy atom. The van der Waals surface area contributed by atoms with Gasteiger partial charge in [-0.05, 0) is 18.4 Å². The van der Waals surface area contributed by atoms with Gasteiger partial charge in [-0.3, -0.25) is 14.4 Å². The molecule has 170 valence electrons. The zero-order valence-corrected chi connectivity index (χ0v) is 17.8. The van der Waals surface area contributed by atoms with Gasteiger partial charge in [0, 0.05) is 18.7 Å². The normalized spacial score (nSPS) is 18.7. The van der Waals surface area contributed by atoms with Crippen molar-refractivity contribution >= 4 is 36.3 Å². The maximum absolute atomic E-state index is 12.9. The average molecular weight is 453 g/mol. The number of carboxylic acids is 1. The number of thiol groups is 1. The van der Waals surface area contributed by atoms with Crippen LogP contribution in [0, 0.1) is 0 Å². The number of amides is 3. The van der Waals surface area contributed by atoms with Crippen molar-refractivity contribution in [3.05, 3.63) is 35.9 Å². The second kappa shape index (κ2) is 11.7. The van der Waals surface area contributed by atoms with E-state index in [-0.39, 0.29) is 12.2 Å². The van der Waals surface area contributed by atoms with Gasteiger partial charge in [0.1, 0.15) is 24.2 Å². The number of hydrogen-bond donors (Lipinski definition) is 6. The fourth-order valence-corrected chi connectivity index (χ4v) is 3.63. The van der Waals surface area contributed by atoms with Gasteiger partial charge in [0.05, 0.1) is 6.61 Å². The summed E-state index contributed by atoms with van der Waals surface area (Å²) >= 11 is 3.94. The number of carbonyl (C=O) groups is 4. The molecule has 0 radical (unpaired) electrons. The lowest BCUT2D eigenvalue weighted by Crippen LogP contribution is -2.57. The molecule has 6 N–H and O–H groups in total. The fraction of sp³-hybridized carbons (Fsp3) is 0.500. The van der Waals surface area contributed by atoms with Crippen LogP contribution in [0.25, 0.3) is 0 Å². The van der Waals surface area contributed by atoms with Crippen LogP contribution in [0.4, 0.5) is 0 Å². The van der Waals surface area contributed by atoms with Gasteiger partial charge in [0.2, 0.25) is 17.7 Å². The molecule has 4 atom stereocenters. The van der Waals surface area contributed by atoms with E-state index in [9.17, 15) is 24.3 Å². The third-order valence-electron chi connectivity index (χ3n) is 5.07. The first-order chi connectivity index (χ1) is 14.8. The quantitative estimate of drug-likeness (QED) is 0.236. The van der Waals surface area contributed by atoms with Gasteiger partial charge >= 0.3 is 5.97 Å². The Balaban J connectivity index is 2.17. The van der Waals surface area contributed by atoms with Crippen LogP contribution >= 0.6 is 12.6 Å². The first-order valence-electron chi connectivity index (χ1n) is 9.93. The summed E-state index contributed by atoms with van der Waals surface area (Å²) in [6.45, 7) is -0.218. The molecule has 11 heteroatoms. The van der Waals surface area contributed by atoms with Crippen molar-refractivity contribution in [3.8, 4) is 0 Å². The van der Waals surface area contributed by atoms with E-state index >= 15 is 0 Å². The van der Waals surface area contributed by atoms with Crippen LogP contribution in [-0.4, -0.2) is 81.9 Å². The van der Waals surface area contributed by atoms with Crippen molar-refractivity contribution < 1.29 is 29.4 Å². The minimum absolute atomic E-state index is 0.114. The Labute approximate surface area is 185 Å². The van der Waals surface area contributed by atoms with Gasteiger partial charge in [-0.25, -0.2) is 4.79 Å². The van der Waals surface area contributed by atoms with Crippen LogP contribution in [0.3, 0.4) is 0 Å². The second-order valence-corrected chi connectivity index (χ2v) is 7.68. The number of aliphatic hydroxyl groups excluding tert-OH is 1. The molecule has 1 aliphatic heterocycles. The first-order valence-corrected chi connectivity index (χ1v) is 10.6. The smallest absolute Gasteiger partial charge is 0.327 e. The number of benzene rings is 1. The van der Waals surface area contributed by atoms with Crippen molar-refractivity contribution in [1.82, 2.24) is 15.5 Å². The van der Waals surface area contributed by atoms with Crippen molar-refractivity contribution in [2.45, 2.75) is 43.4 Å². The highest BCUT2D eigenvalue weighted by Crippen LogP contribution is 2.19. The SMILES string of the molecule is NC(CO)C(=O)N1CCCC1C(=O)NC(Cc1ccccc1)C(=O)NC(CS)C(=O)O.